The molecule has 0 heterocycles. The van der Waals surface area contributed by atoms with Gasteiger partial charge < -0.3 is 24.1 Å². The van der Waals surface area contributed by atoms with Crippen LogP contribution in [0.3, 0.4) is 0 Å². The van der Waals surface area contributed by atoms with Gasteiger partial charge in [-0.25, -0.2) is 4.79 Å². The van der Waals surface area contributed by atoms with E-state index in [1.54, 1.807) is 12.1 Å². The fraction of sp³-hybridized carbons (Fsp3) is 0.417. The summed E-state index contributed by atoms with van der Waals surface area (Å²) >= 11 is 0. The normalized spacial score (nSPS) is 11.6. The van der Waals surface area contributed by atoms with E-state index in [1.807, 2.05) is 0 Å². The molecule has 0 amide bonds. The van der Waals surface area contributed by atoms with Crippen LogP contribution in [0.4, 0.5) is 0 Å². The monoisotopic (exact) mass is 256 g/mol. The van der Waals surface area contributed by atoms with Crippen LogP contribution in [-0.2, 0) is 9.53 Å². The van der Waals surface area contributed by atoms with Gasteiger partial charge in [0, 0.05) is 12.1 Å². The fourth-order valence-corrected chi connectivity index (χ4v) is 1.53. The zero-order chi connectivity index (χ0) is 13.7. The van der Waals surface area contributed by atoms with Crippen molar-refractivity contribution < 1.29 is 28.8 Å². The second-order valence-electron chi connectivity index (χ2n) is 3.37. The number of rotatable bonds is 5. The Morgan fingerprint density at radius 2 is 1.56 bits per heavy atom. The van der Waals surface area contributed by atoms with Crippen molar-refractivity contribution >= 4 is 5.97 Å². The molecule has 1 atom stereocenters. The number of hydrogen-bond acceptors (Lipinski definition) is 6. The molecule has 1 rings (SSSR count). The summed E-state index contributed by atoms with van der Waals surface area (Å²) in [5, 5.41) is 9.90. The van der Waals surface area contributed by atoms with Gasteiger partial charge in [-0.1, -0.05) is 0 Å². The second-order valence-corrected chi connectivity index (χ2v) is 3.37. The third kappa shape index (κ3) is 2.65. The minimum absolute atomic E-state index is 0.202. The van der Waals surface area contributed by atoms with Gasteiger partial charge in [-0.2, -0.15) is 0 Å². The van der Waals surface area contributed by atoms with Crippen molar-refractivity contribution in [1.29, 1.82) is 0 Å². The minimum atomic E-state index is -1.48. The Labute approximate surface area is 105 Å². The Bertz CT molecular complexity index is 404. The van der Waals surface area contributed by atoms with E-state index < -0.39 is 12.1 Å². The van der Waals surface area contributed by atoms with Crippen molar-refractivity contribution in [3.05, 3.63) is 17.7 Å². The SMILES string of the molecule is COC(=O)C(O)c1c(OC)cc(OC)cc1OC. The Hall–Kier alpha value is -1.95. The molecule has 6 heteroatoms. The molecule has 0 aliphatic heterocycles. The molecule has 1 N–H and O–H groups in total. The van der Waals surface area contributed by atoms with Crippen LogP contribution in [0.1, 0.15) is 11.7 Å². The van der Waals surface area contributed by atoms with Gasteiger partial charge in [0.2, 0.25) is 0 Å². The molecule has 6 nitrogen and oxygen atoms in total. The van der Waals surface area contributed by atoms with Gasteiger partial charge in [-0.15, -0.1) is 0 Å². The summed E-state index contributed by atoms with van der Waals surface area (Å²) in [6, 6.07) is 3.09. The molecule has 18 heavy (non-hydrogen) atoms. The molecule has 0 bridgehead atoms. The lowest BCUT2D eigenvalue weighted by molar-refractivity contribution is -0.150. The first-order valence-corrected chi connectivity index (χ1v) is 5.14. The zero-order valence-corrected chi connectivity index (χ0v) is 10.7. The van der Waals surface area contributed by atoms with Crippen LogP contribution in [0.25, 0.3) is 0 Å². The number of aliphatic hydroxyl groups is 1. The Balaban J connectivity index is 3.35. The molecule has 0 spiro atoms. The third-order valence-corrected chi connectivity index (χ3v) is 2.45. The van der Waals surface area contributed by atoms with E-state index in [4.69, 9.17) is 14.2 Å². The van der Waals surface area contributed by atoms with Gasteiger partial charge in [-0.3, -0.25) is 0 Å². The van der Waals surface area contributed by atoms with E-state index in [1.165, 1.54) is 28.4 Å². The van der Waals surface area contributed by atoms with Gasteiger partial charge in [0.15, 0.2) is 6.10 Å². The van der Waals surface area contributed by atoms with Crippen molar-refractivity contribution in [3.8, 4) is 17.2 Å². The molecular formula is C12H16O6. The summed E-state index contributed by atoms with van der Waals surface area (Å²) in [4.78, 5) is 11.4. The highest BCUT2D eigenvalue weighted by Gasteiger charge is 2.27. The molecule has 0 aromatic heterocycles. The summed E-state index contributed by atoms with van der Waals surface area (Å²) in [6.07, 6.45) is -1.48. The van der Waals surface area contributed by atoms with Gasteiger partial charge >= 0.3 is 5.97 Å². The number of carbonyl (C=O) groups is 1. The van der Waals surface area contributed by atoms with Gasteiger partial charge in [0.05, 0.1) is 34.0 Å². The lowest BCUT2D eigenvalue weighted by atomic mass is 10.1. The first-order chi connectivity index (χ1) is 8.58. The fourth-order valence-electron chi connectivity index (χ4n) is 1.53. The average molecular weight is 256 g/mol. The molecule has 100 valence electrons. The first kappa shape index (κ1) is 14.1. The van der Waals surface area contributed by atoms with Gasteiger partial charge in [0.1, 0.15) is 17.2 Å². The van der Waals surface area contributed by atoms with Crippen molar-refractivity contribution in [2.75, 3.05) is 28.4 Å². The molecule has 1 aromatic carbocycles. The number of carbonyl (C=O) groups excluding carboxylic acids is 1. The second kappa shape index (κ2) is 6.11. The highest BCUT2D eigenvalue weighted by molar-refractivity contribution is 5.78. The largest absolute Gasteiger partial charge is 0.496 e. The van der Waals surface area contributed by atoms with E-state index in [9.17, 15) is 9.90 Å². The van der Waals surface area contributed by atoms with Crippen LogP contribution in [-0.4, -0.2) is 39.5 Å². The summed E-state index contributed by atoms with van der Waals surface area (Å²) in [5.41, 5.74) is 0.202. The van der Waals surface area contributed by atoms with E-state index in [2.05, 4.69) is 4.74 Å². The van der Waals surface area contributed by atoms with Gasteiger partial charge in [0.25, 0.3) is 0 Å². The number of hydrogen-bond donors (Lipinski definition) is 1. The maximum atomic E-state index is 11.4. The summed E-state index contributed by atoms with van der Waals surface area (Å²) in [7, 11) is 5.52. The van der Waals surface area contributed by atoms with Crippen molar-refractivity contribution in [3.63, 3.8) is 0 Å². The van der Waals surface area contributed by atoms with Crippen LogP contribution in [0.5, 0.6) is 17.2 Å². The van der Waals surface area contributed by atoms with Gasteiger partial charge in [-0.05, 0) is 0 Å². The lowest BCUT2D eigenvalue weighted by Crippen LogP contribution is -2.15. The Kier molecular flexibility index (Phi) is 4.79. The van der Waals surface area contributed by atoms with Crippen molar-refractivity contribution in [1.82, 2.24) is 0 Å². The molecule has 0 fully saturated rings. The maximum Gasteiger partial charge on any atom is 0.339 e. The Morgan fingerprint density at radius 1 is 1.06 bits per heavy atom. The number of esters is 1. The number of aliphatic hydroxyl groups excluding tert-OH is 1. The third-order valence-electron chi connectivity index (χ3n) is 2.45. The van der Waals surface area contributed by atoms with Crippen LogP contribution in [0, 0.1) is 0 Å². The molecule has 0 aliphatic carbocycles. The average Bonchev–Trinajstić information content (AvgIpc) is 2.43. The predicted octanol–water partition coefficient (Wildman–Crippen LogP) is 0.919. The highest BCUT2D eigenvalue weighted by atomic mass is 16.5. The molecule has 0 saturated heterocycles. The predicted molar refractivity (Wildman–Crippen MR) is 63.1 cm³/mol. The van der Waals surface area contributed by atoms with E-state index in [0.29, 0.717) is 5.75 Å². The smallest absolute Gasteiger partial charge is 0.339 e. The summed E-state index contributed by atoms with van der Waals surface area (Å²) in [6.45, 7) is 0. The highest BCUT2D eigenvalue weighted by Crippen LogP contribution is 2.38. The zero-order valence-electron chi connectivity index (χ0n) is 10.7. The van der Waals surface area contributed by atoms with E-state index in [-0.39, 0.29) is 17.1 Å². The summed E-state index contributed by atoms with van der Waals surface area (Å²) < 4.78 is 19.8. The topological polar surface area (TPSA) is 74.2 Å². The summed E-state index contributed by atoms with van der Waals surface area (Å²) in [5.74, 6) is 0.259. The quantitative estimate of drug-likeness (QED) is 0.790. The van der Waals surface area contributed by atoms with Crippen LogP contribution in [0.2, 0.25) is 0 Å². The van der Waals surface area contributed by atoms with E-state index in [0.717, 1.165) is 0 Å². The van der Waals surface area contributed by atoms with Crippen molar-refractivity contribution in [2.45, 2.75) is 6.10 Å². The van der Waals surface area contributed by atoms with E-state index >= 15 is 0 Å². The molecular weight excluding hydrogens is 240 g/mol. The number of methoxy groups -OCH3 is 4. The molecule has 0 aliphatic rings. The van der Waals surface area contributed by atoms with Crippen LogP contribution < -0.4 is 14.2 Å². The lowest BCUT2D eigenvalue weighted by Gasteiger charge is -2.17. The standard InChI is InChI=1S/C12H16O6/c1-15-7-5-8(16-2)10(9(6-7)17-3)11(13)12(14)18-4/h5-6,11,13H,1-4H3. The number of benzene rings is 1. The van der Waals surface area contributed by atoms with Crippen molar-refractivity contribution in [2.24, 2.45) is 0 Å². The molecule has 1 unspecified atom stereocenters. The van der Waals surface area contributed by atoms with Crippen LogP contribution >= 0.6 is 0 Å². The number of ether oxygens (including phenoxy) is 4. The Morgan fingerprint density at radius 3 is 1.89 bits per heavy atom. The molecule has 1 aromatic rings. The van der Waals surface area contributed by atoms with Crippen LogP contribution in [0.15, 0.2) is 12.1 Å². The maximum absolute atomic E-state index is 11.4. The molecule has 0 radical (unpaired) electrons. The molecule has 0 saturated carbocycles. The first-order valence-electron chi connectivity index (χ1n) is 5.14. The minimum Gasteiger partial charge on any atom is -0.496 e.